The van der Waals surface area contributed by atoms with Crippen LogP contribution in [-0.2, 0) is 4.79 Å². The monoisotopic (exact) mass is 292 g/mol. The molecule has 0 unspecified atom stereocenters. The molecule has 0 bridgehead atoms. The molecule has 0 aliphatic carbocycles. The SMILES string of the molecule is CCCCNC(=O)/C(C#N)=C\Nc1ccc(N)cc1Cl. The smallest absolute Gasteiger partial charge is 0.263 e. The molecule has 0 radical (unpaired) electrons. The lowest BCUT2D eigenvalue weighted by Crippen LogP contribution is -2.25. The van der Waals surface area contributed by atoms with Crippen molar-refractivity contribution in [2.75, 3.05) is 17.6 Å². The van der Waals surface area contributed by atoms with E-state index in [0.29, 0.717) is 22.9 Å². The van der Waals surface area contributed by atoms with Crippen LogP contribution in [0.5, 0.6) is 0 Å². The number of rotatable bonds is 6. The minimum atomic E-state index is -0.403. The van der Waals surface area contributed by atoms with Crippen molar-refractivity contribution in [3.05, 3.63) is 35.0 Å². The molecule has 0 spiro atoms. The highest BCUT2D eigenvalue weighted by atomic mass is 35.5. The number of carbonyl (C=O) groups excluding carboxylic acids is 1. The molecule has 0 aliphatic heterocycles. The summed E-state index contributed by atoms with van der Waals surface area (Å²) in [5.41, 5.74) is 6.70. The number of halogens is 1. The maximum absolute atomic E-state index is 11.7. The number of nitriles is 1. The highest BCUT2D eigenvalue weighted by Crippen LogP contribution is 2.24. The number of carbonyl (C=O) groups is 1. The van der Waals surface area contributed by atoms with Crippen molar-refractivity contribution in [3.8, 4) is 6.07 Å². The van der Waals surface area contributed by atoms with Gasteiger partial charge >= 0.3 is 0 Å². The Morgan fingerprint density at radius 1 is 1.55 bits per heavy atom. The molecule has 0 aromatic heterocycles. The fourth-order valence-corrected chi connectivity index (χ4v) is 1.66. The lowest BCUT2D eigenvalue weighted by atomic mass is 10.2. The molecule has 106 valence electrons. The molecule has 20 heavy (non-hydrogen) atoms. The van der Waals surface area contributed by atoms with E-state index in [9.17, 15) is 4.79 Å². The van der Waals surface area contributed by atoms with Crippen LogP contribution in [0.3, 0.4) is 0 Å². The topological polar surface area (TPSA) is 90.9 Å². The van der Waals surface area contributed by atoms with Gasteiger partial charge in [0, 0.05) is 18.4 Å². The second-order valence-electron chi connectivity index (χ2n) is 4.16. The summed E-state index contributed by atoms with van der Waals surface area (Å²) in [6.45, 7) is 2.58. The van der Waals surface area contributed by atoms with Crippen LogP contribution in [-0.4, -0.2) is 12.5 Å². The Labute approximate surface area is 123 Å². The van der Waals surface area contributed by atoms with Gasteiger partial charge in [0.05, 0.1) is 10.7 Å². The van der Waals surface area contributed by atoms with Crippen molar-refractivity contribution in [1.29, 1.82) is 5.26 Å². The molecule has 0 aliphatic rings. The first-order valence-corrected chi connectivity index (χ1v) is 6.66. The second kappa shape index (κ2) is 8.08. The maximum Gasteiger partial charge on any atom is 0.263 e. The molecule has 0 saturated carbocycles. The van der Waals surface area contributed by atoms with E-state index < -0.39 is 5.91 Å². The largest absolute Gasteiger partial charge is 0.399 e. The normalized spacial score (nSPS) is 10.8. The molecule has 5 nitrogen and oxygen atoms in total. The highest BCUT2D eigenvalue weighted by Gasteiger charge is 2.08. The van der Waals surface area contributed by atoms with Gasteiger partial charge in [-0.3, -0.25) is 4.79 Å². The Hall–Kier alpha value is -2.19. The van der Waals surface area contributed by atoms with Crippen LogP contribution < -0.4 is 16.4 Å². The van der Waals surface area contributed by atoms with Crippen molar-refractivity contribution in [1.82, 2.24) is 5.32 Å². The third-order valence-corrected chi connectivity index (χ3v) is 2.86. The van der Waals surface area contributed by atoms with Gasteiger partial charge in [-0.25, -0.2) is 0 Å². The number of hydrogen-bond acceptors (Lipinski definition) is 4. The molecule has 1 aromatic carbocycles. The average molecular weight is 293 g/mol. The first-order chi connectivity index (χ1) is 9.58. The predicted octanol–water partition coefficient (Wildman–Crippen LogP) is 2.66. The van der Waals surface area contributed by atoms with E-state index in [1.165, 1.54) is 6.20 Å². The van der Waals surface area contributed by atoms with E-state index >= 15 is 0 Å². The number of unbranched alkanes of at least 4 members (excludes halogenated alkanes) is 1. The van der Waals surface area contributed by atoms with Gasteiger partial charge in [0.2, 0.25) is 0 Å². The summed E-state index contributed by atoms with van der Waals surface area (Å²) in [5.74, 6) is -0.403. The summed E-state index contributed by atoms with van der Waals surface area (Å²) >= 11 is 5.98. The standard InChI is InChI=1S/C14H17ClN4O/c1-2-3-6-18-14(20)10(8-16)9-19-13-5-4-11(17)7-12(13)15/h4-5,7,9,19H,2-3,6,17H2,1H3,(H,18,20)/b10-9-. The van der Waals surface area contributed by atoms with Gasteiger partial charge in [-0.15, -0.1) is 0 Å². The van der Waals surface area contributed by atoms with E-state index in [4.69, 9.17) is 22.6 Å². The molecule has 0 saturated heterocycles. The minimum absolute atomic E-state index is 0.00556. The number of nitrogens with zero attached hydrogens (tertiary/aromatic N) is 1. The zero-order chi connectivity index (χ0) is 15.0. The molecule has 1 amide bonds. The van der Waals surface area contributed by atoms with Crippen molar-refractivity contribution in [2.45, 2.75) is 19.8 Å². The Morgan fingerprint density at radius 3 is 2.90 bits per heavy atom. The molecule has 1 rings (SSSR count). The Bertz CT molecular complexity index is 549. The molecule has 1 aromatic rings. The van der Waals surface area contributed by atoms with E-state index in [1.807, 2.05) is 13.0 Å². The summed E-state index contributed by atoms with van der Waals surface area (Å²) in [6.07, 6.45) is 3.19. The van der Waals surface area contributed by atoms with Gasteiger partial charge in [-0.2, -0.15) is 5.26 Å². The molecular formula is C14H17ClN4O. The van der Waals surface area contributed by atoms with E-state index in [2.05, 4.69) is 10.6 Å². The van der Waals surface area contributed by atoms with Crippen molar-refractivity contribution >= 4 is 28.9 Å². The van der Waals surface area contributed by atoms with Crippen molar-refractivity contribution < 1.29 is 4.79 Å². The van der Waals surface area contributed by atoms with E-state index in [-0.39, 0.29) is 5.57 Å². The Kier molecular flexibility index (Phi) is 6.41. The number of nitrogens with one attached hydrogen (secondary N) is 2. The zero-order valence-corrected chi connectivity index (χ0v) is 12.0. The molecule has 0 fully saturated rings. The van der Waals surface area contributed by atoms with Gasteiger partial charge in [-0.05, 0) is 24.6 Å². The molecule has 6 heteroatoms. The maximum atomic E-state index is 11.7. The third kappa shape index (κ3) is 4.82. The molecule has 0 atom stereocenters. The number of anilines is 2. The highest BCUT2D eigenvalue weighted by molar-refractivity contribution is 6.33. The summed E-state index contributed by atoms with van der Waals surface area (Å²) in [5, 5.41) is 14.9. The van der Waals surface area contributed by atoms with Crippen LogP contribution in [0.25, 0.3) is 0 Å². The lowest BCUT2D eigenvalue weighted by Gasteiger charge is -2.06. The van der Waals surface area contributed by atoms with E-state index in [0.717, 1.165) is 12.8 Å². The fourth-order valence-electron chi connectivity index (χ4n) is 1.42. The first-order valence-electron chi connectivity index (χ1n) is 6.28. The minimum Gasteiger partial charge on any atom is -0.399 e. The quantitative estimate of drug-likeness (QED) is 0.325. The number of hydrogen-bond donors (Lipinski definition) is 3. The van der Waals surface area contributed by atoms with Gasteiger partial charge in [0.1, 0.15) is 11.6 Å². The Balaban J connectivity index is 2.70. The number of nitrogen functional groups attached to an aromatic ring is 1. The lowest BCUT2D eigenvalue weighted by molar-refractivity contribution is -0.117. The summed E-state index contributed by atoms with van der Waals surface area (Å²) < 4.78 is 0. The number of amides is 1. The number of benzene rings is 1. The van der Waals surface area contributed by atoms with Crippen LogP contribution >= 0.6 is 11.6 Å². The van der Waals surface area contributed by atoms with Gasteiger partial charge in [-0.1, -0.05) is 24.9 Å². The summed E-state index contributed by atoms with van der Waals surface area (Å²) in [6, 6.07) is 6.79. The van der Waals surface area contributed by atoms with Crippen molar-refractivity contribution in [3.63, 3.8) is 0 Å². The fraction of sp³-hybridized carbons (Fsp3) is 0.286. The van der Waals surface area contributed by atoms with E-state index in [1.54, 1.807) is 18.2 Å². The summed E-state index contributed by atoms with van der Waals surface area (Å²) in [7, 11) is 0. The third-order valence-electron chi connectivity index (χ3n) is 2.55. The summed E-state index contributed by atoms with van der Waals surface area (Å²) in [4.78, 5) is 11.7. The van der Waals surface area contributed by atoms with Gasteiger partial charge < -0.3 is 16.4 Å². The Morgan fingerprint density at radius 2 is 2.30 bits per heavy atom. The zero-order valence-electron chi connectivity index (χ0n) is 11.2. The van der Waals surface area contributed by atoms with Crippen molar-refractivity contribution in [2.24, 2.45) is 0 Å². The molecular weight excluding hydrogens is 276 g/mol. The van der Waals surface area contributed by atoms with Crippen LogP contribution in [0.15, 0.2) is 30.0 Å². The van der Waals surface area contributed by atoms with Crippen LogP contribution in [0.1, 0.15) is 19.8 Å². The average Bonchev–Trinajstić information content (AvgIpc) is 2.42. The second-order valence-corrected chi connectivity index (χ2v) is 4.57. The van der Waals surface area contributed by atoms with Crippen LogP contribution in [0.2, 0.25) is 5.02 Å². The first kappa shape index (κ1) is 15.9. The molecule has 4 N–H and O–H groups in total. The van der Waals surface area contributed by atoms with Gasteiger partial charge in [0.25, 0.3) is 5.91 Å². The number of nitrogens with two attached hydrogens (primary N) is 1. The van der Waals surface area contributed by atoms with Crippen LogP contribution in [0, 0.1) is 11.3 Å². The predicted molar refractivity (Wildman–Crippen MR) is 81.1 cm³/mol. The van der Waals surface area contributed by atoms with Crippen LogP contribution in [0.4, 0.5) is 11.4 Å². The molecule has 0 heterocycles. The van der Waals surface area contributed by atoms with Gasteiger partial charge in [0.15, 0.2) is 0 Å².